The summed E-state index contributed by atoms with van der Waals surface area (Å²) in [5, 5.41) is 6.21. The number of nitrogens with one attached hydrogen (secondary N) is 2. The maximum absolute atomic E-state index is 12.4. The molecule has 0 spiro atoms. The normalized spacial score (nSPS) is 21.2. The van der Waals surface area contributed by atoms with Gasteiger partial charge in [0.2, 0.25) is 5.88 Å². The van der Waals surface area contributed by atoms with E-state index in [1.807, 2.05) is 32.9 Å². The fourth-order valence-electron chi connectivity index (χ4n) is 3.28. The number of hydrogen-bond acceptors (Lipinski definition) is 7. The van der Waals surface area contributed by atoms with Gasteiger partial charge in [0.1, 0.15) is 11.7 Å². The molecule has 1 aromatic heterocycles. The van der Waals surface area contributed by atoms with E-state index in [1.54, 1.807) is 6.07 Å². The highest BCUT2D eigenvalue weighted by molar-refractivity contribution is 5.90. The number of aromatic nitrogens is 1. The zero-order valence-corrected chi connectivity index (χ0v) is 17.1. The Bertz CT molecular complexity index is 828. The monoisotopic (exact) mass is 401 g/mol. The summed E-state index contributed by atoms with van der Waals surface area (Å²) in [5.74, 6) is -0.0387. The molecule has 0 saturated carbocycles. The molecule has 2 N–H and O–H groups in total. The molecule has 1 unspecified atom stereocenters. The van der Waals surface area contributed by atoms with Crippen molar-refractivity contribution >= 4 is 17.7 Å². The number of ether oxygens (including phenoxy) is 3. The highest BCUT2D eigenvalue weighted by Gasteiger charge is 2.35. The highest BCUT2D eigenvalue weighted by Crippen LogP contribution is 2.31. The van der Waals surface area contributed by atoms with Crippen molar-refractivity contribution in [1.29, 1.82) is 0 Å². The zero-order chi connectivity index (χ0) is 21.0. The minimum atomic E-state index is -0.596. The SMILES string of the molecule is COC(=O)c1cnc2c(c1)NC[C@@H]([C@H](NC(=O)OC(C)(C)C)C1C=CC=CC1)O2. The third kappa shape index (κ3) is 5.28. The number of allylic oxidation sites excluding steroid dienone is 3. The van der Waals surface area contributed by atoms with E-state index in [1.165, 1.54) is 13.3 Å². The van der Waals surface area contributed by atoms with Crippen LogP contribution in [-0.4, -0.2) is 48.4 Å². The standard InChI is InChI=1S/C21H27N3O5/c1-21(2,3)29-20(26)24-17(13-8-6-5-7-9-13)16-12-22-15-10-14(19(25)27-4)11-23-18(15)28-16/h5-8,10-11,13,16-17,22H,9,12H2,1-4H3,(H,24,26)/t13?,16-,17+/m0/s1. The third-order valence-electron chi connectivity index (χ3n) is 4.59. The van der Waals surface area contributed by atoms with E-state index in [-0.39, 0.29) is 18.1 Å². The lowest BCUT2D eigenvalue weighted by Crippen LogP contribution is -2.54. The van der Waals surface area contributed by atoms with Crippen molar-refractivity contribution in [3.63, 3.8) is 0 Å². The summed E-state index contributed by atoms with van der Waals surface area (Å²) in [6.45, 7) is 5.90. The number of rotatable bonds is 4. The first-order valence-corrected chi connectivity index (χ1v) is 9.58. The largest absolute Gasteiger partial charge is 0.469 e. The molecule has 8 nitrogen and oxygen atoms in total. The number of pyridine rings is 1. The Morgan fingerprint density at radius 3 is 2.79 bits per heavy atom. The van der Waals surface area contributed by atoms with Gasteiger partial charge in [-0.15, -0.1) is 0 Å². The summed E-state index contributed by atoms with van der Waals surface area (Å²) in [5.41, 5.74) is 0.352. The van der Waals surface area contributed by atoms with Gasteiger partial charge in [0.25, 0.3) is 0 Å². The minimum Gasteiger partial charge on any atom is -0.469 e. The van der Waals surface area contributed by atoms with Gasteiger partial charge in [-0.25, -0.2) is 14.6 Å². The maximum atomic E-state index is 12.4. The number of hydrogen-bond donors (Lipinski definition) is 2. The predicted molar refractivity (Wildman–Crippen MR) is 108 cm³/mol. The molecule has 2 aliphatic rings. The Hall–Kier alpha value is -3.03. The number of carbonyl (C=O) groups excluding carboxylic acids is 2. The average molecular weight is 401 g/mol. The van der Waals surface area contributed by atoms with Crippen molar-refractivity contribution in [2.75, 3.05) is 19.0 Å². The second kappa shape index (κ2) is 8.55. The third-order valence-corrected chi connectivity index (χ3v) is 4.59. The van der Waals surface area contributed by atoms with Gasteiger partial charge in [-0.2, -0.15) is 0 Å². The van der Waals surface area contributed by atoms with Gasteiger partial charge in [0, 0.05) is 12.1 Å². The van der Waals surface area contributed by atoms with Crippen LogP contribution in [0.1, 0.15) is 37.6 Å². The summed E-state index contributed by atoms with van der Waals surface area (Å²) in [4.78, 5) is 28.4. The molecule has 1 amide bonds. The van der Waals surface area contributed by atoms with E-state index in [9.17, 15) is 9.59 Å². The molecule has 0 aromatic carbocycles. The van der Waals surface area contributed by atoms with Crippen molar-refractivity contribution in [1.82, 2.24) is 10.3 Å². The molecule has 0 fully saturated rings. The summed E-state index contributed by atoms with van der Waals surface area (Å²) < 4.78 is 16.3. The smallest absolute Gasteiger partial charge is 0.408 e. The predicted octanol–water partition coefficient (Wildman–Crippen LogP) is 3.07. The summed E-state index contributed by atoms with van der Waals surface area (Å²) >= 11 is 0. The molecule has 0 bridgehead atoms. The van der Waals surface area contributed by atoms with Crippen LogP contribution in [0.2, 0.25) is 0 Å². The molecule has 3 atom stereocenters. The van der Waals surface area contributed by atoms with Crippen LogP contribution in [0, 0.1) is 5.92 Å². The Labute approximate surface area is 170 Å². The summed E-state index contributed by atoms with van der Waals surface area (Å²) in [6.07, 6.45) is 9.37. The van der Waals surface area contributed by atoms with Crippen molar-refractivity contribution in [2.24, 2.45) is 5.92 Å². The van der Waals surface area contributed by atoms with Crippen LogP contribution in [0.4, 0.5) is 10.5 Å². The van der Waals surface area contributed by atoms with Gasteiger partial charge in [-0.3, -0.25) is 0 Å². The van der Waals surface area contributed by atoms with Gasteiger partial charge in [-0.1, -0.05) is 24.3 Å². The van der Waals surface area contributed by atoms with E-state index >= 15 is 0 Å². The second-order valence-corrected chi connectivity index (χ2v) is 7.99. The van der Waals surface area contributed by atoms with Crippen LogP contribution in [0.15, 0.2) is 36.6 Å². The molecule has 0 radical (unpaired) electrons. The Morgan fingerprint density at radius 2 is 2.14 bits per heavy atom. The van der Waals surface area contributed by atoms with Crippen molar-refractivity contribution in [3.05, 3.63) is 42.1 Å². The number of esters is 1. The van der Waals surface area contributed by atoms with Crippen LogP contribution in [0.25, 0.3) is 0 Å². The van der Waals surface area contributed by atoms with Crippen molar-refractivity contribution in [2.45, 2.75) is 44.9 Å². The molecule has 1 aliphatic heterocycles. The average Bonchev–Trinajstić information content (AvgIpc) is 2.70. The summed E-state index contributed by atoms with van der Waals surface area (Å²) in [6, 6.07) is 1.32. The fourth-order valence-corrected chi connectivity index (χ4v) is 3.28. The first kappa shape index (κ1) is 20.7. The number of fused-ring (bicyclic) bond motifs is 1. The van der Waals surface area contributed by atoms with E-state index in [0.717, 1.165) is 6.42 Å². The van der Waals surface area contributed by atoms with E-state index in [4.69, 9.17) is 14.2 Å². The van der Waals surface area contributed by atoms with Crippen LogP contribution in [0.3, 0.4) is 0 Å². The van der Waals surface area contributed by atoms with E-state index in [0.29, 0.717) is 23.7 Å². The Kier molecular flexibility index (Phi) is 6.10. The van der Waals surface area contributed by atoms with Gasteiger partial charge in [0.15, 0.2) is 0 Å². The summed E-state index contributed by atoms with van der Waals surface area (Å²) in [7, 11) is 1.32. The molecular formula is C21H27N3O5. The van der Waals surface area contributed by atoms with Gasteiger partial charge >= 0.3 is 12.1 Å². The van der Waals surface area contributed by atoms with Crippen molar-refractivity contribution < 1.29 is 23.8 Å². The first-order valence-electron chi connectivity index (χ1n) is 9.58. The highest BCUT2D eigenvalue weighted by atomic mass is 16.6. The Morgan fingerprint density at radius 1 is 1.34 bits per heavy atom. The number of alkyl carbamates (subject to hydrolysis) is 1. The molecule has 8 heteroatoms. The number of amides is 1. The van der Waals surface area contributed by atoms with Crippen LogP contribution >= 0.6 is 0 Å². The molecule has 0 saturated heterocycles. The maximum Gasteiger partial charge on any atom is 0.408 e. The quantitative estimate of drug-likeness (QED) is 0.748. The number of carbonyl (C=O) groups is 2. The fraction of sp³-hybridized carbons (Fsp3) is 0.476. The molecule has 2 heterocycles. The lowest BCUT2D eigenvalue weighted by molar-refractivity contribution is 0.0412. The van der Waals surface area contributed by atoms with E-state index in [2.05, 4.69) is 27.8 Å². The van der Waals surface area contributed by atoms with Gasteiger partial charge in [0.05, 0.1) is 30.9 Å². The van der Waals surface area contributed by atoms with Crippen molar-refractivity contribution in [3.8, 4) is 5.88 Å². The lowest BCUT2D eigenvalue weighted by atomic mass is 9.88. The van der Waals surface area contributed by atoms with Crippen LogP contribution < -0.4 is 15.4 Å². The van der Waals surface area contributed by atoms with Gasteiger partial charge in [-0.05, 0) is 33.3 Å². The minimum absolute atomic E-state index is 0.0511. The van der Waals surface area contributed by atoms with Gasteiger partial charge < -0.3 is 24.8 Å². The van der Waals surface area contributed by atoms with Crippen LogP contribution in [0.5, 0.6) is 5.88 Å². The molecule has 1 aliphatic carbocycles. The number of anilines is 1. The molecule has 156 valence electrons. The zero-order valence-electron chi connectivity index (χ0n) is 17.1. The Balaban J connectivity index is 1.78. The molecule has 1 aromatic rings. The molecular weight excluding hydrogens is 374 g/mol. The molecule has 3 rings (SSSR count). The number of methoxy groups -OCH3 is 1. The van der Waals surface area contributed by atoms with Crippen LogP contribution in [-0.2, 0) is 9.47 Å². The second-order valence-electron chi connectivity index (χ2n) is 7.99. The topological polar surface area (TPSA) is 98.8 Å². The first-order chi connectivity index (χ1) is 13.8. The number of nitrogens with zero attached hydrogens (tertiary/aromatic N) is 1. The lowest BCUT2D eigenvalue weighted by Gasteiger charge is -2.36. The van der Waals surface area contributed by atoms with E-state index < -0.39 is 17.7 Å². The molecule has 29 heavy (non-hydrogen) atoms.